The highest BCUT2D eigenvalue weighted by Crippen LogP contribution is 2.26. The molecular weight excluding hydrogens is 295 g/mol. The lowest BCUT2D eigenvalue weighted by Crippen LogP contribution is -2.22. The monoisotopic (exact) mass is 307 g/mol. The number of aliphatic carboxylic acids is 1. The molecule has 1 rings (SSSR count). The maximum atomic E-state index is 12.1. The second kappa shape index (κ2) is 7.48. The number of anilines is 1. The summed E-state index contributed by atoms with van der Waals surface area (Å²) >= 11 is 0. The highest BCUT2D eigenvalue weighted by molar-refractivity contribution is 5.93. The van der Waals surface area contributed by atoms with Crippen LogP contribution in [0.1, 0.15) is 0 Å². The average molecular weight is 307 g/mol. The third kappa shape index (κ3) is 7.16. The quantitative estimate of drug-likeness (QED) is 0.800. The first kappa shape index (κ1) is 16.8. The predicted molar refractivity (Wildman–Crippen MR) is 65.1 cm³/mol. The van der Waals surface area contributed by atoms with E-state index in [0.717, 1.165) is 0 Å². The van der Waals surface area contributed by atoms with Gasteiger partial charge in [0, 0.05) is 0 Å². The molecule has 0 atom stereocenters. The molecule has 0 saturated heterocycles. The van der Waals surface area contributed by atoms with Crippen molar-refractivity contribution in [1.82, 2.24) is 0 Å². The van der Waals surface area contributed by atoms with E-state index in [1.54, 1.807) is 0 Å². The molecule has 6 nitrogen and oxygen atoms in total. The molecule has 0 aromatic heterocycles. The van der Waals surface area contributed by atoms with Crippen LogP contribution >= 0.6 is 0 Å². The first-order chi connectivity index (χ1) is 9.78. The van der Waals surface area contributed by atoms with Crippen molar-refractivity contribution >= 4 is 17.6 Å². The molecule has 0 bridgehead atoms. The predicted octanol–water partition coefficient (Wildman–Crippen LogP) is 1.67. The Labute approximate surface area is 117 Å². The van der Waals surface area contributed by atoms with Crippen molar-refractivity contribution in [3.05, 3.63) is 24.3 Å². The second-order valence-electron chi connectivity index (χ2n) is 3.83. The summed E-state index contributed by atoms with van der Waals surface area (Å²) in [7, 11) is 0. The van der Waals surface area contributed by atoms with Gasteiger partial charge >= 0.3 is 12.1 Å². The van der Waals surface area contributed by atoms with Crippen molar-refractivity contribution in [1.29, 1.82) is 0 Å². The van der Waals surface area contributed by atoms with E-state index in [2.05, 4.69) is 14.8 Å². The molecule has 2 N–H and O–H groups in total. The zero-order valence-electron chi connectivity index (χ0n) is 10.6. The number of amides is 1. The minimum Gasteiger partial charge on any atom is -0.482 e. The number of hydrogen-bond acceptors (Lipinski definition) is 4. The van der Waals surface area contributed by atoms with Gasteiger partial charge in [0.2, 0.25) is 5.91 Å². The van der Waals surface area contributed by atoms with E-state index < -0.39 is 37.9 Å². The first-order valence-corrected chi connectivity index (χ1v) is 5.66. The Morgan fingerprint density at radius 2 is 1.86 bits per heavy atom. The Morgan fingerprint density at radius 3 is 2.48 bits per heavy atom. The van der Waals surface area contributed by atoms with Crippen LogP contribution in [0.3, 0.4) is 0 Å². The summed E-state index contributed by atoms with van der Waals surface area (Å²) in [4.78, 5) is 21.6. The number of halogens is 3. The van der Waals surface area contributed by atoms with Gasteiger partial charge in [0.1, 0.15) is 19.0 Å². The van der Waals surface area contributed by atoms with Crippen molar-refractivity contribution < 1.29 is 37.3 Å². The summed E-state index contributed by atoms with van der Waals surface area (Å²) in [6.07, 6.45) is -4.50. The van der Waals surface area contributed by atoms with E-state index in [1.807, 2.05) is 0 Å². The molecular formula is C12H12F3NO5. The third-order valence-electron chi connectivity index (χ3n) is 2.01. The van der Waals surface area contributed by atoms with Gasteiger partial charge in [0.05, 0.1) is 5.69 Å². The average Bonchev–Trinajstić information content (AvgIpc) is 2.36. The maximum absolute atomic E-state index is 12.1. The normalized spacial score (nSPS) is 11.0. The number of alkyl halides is 3. The lowest BCUT2D eigenvalue weighted by atomic mass is 10.3. The van der Waals surface area contributed by atoms with Gasteiger partial charge in [0.25, 0.3) is 0 Å². The van der Waals surface area contributed by atoms with Gasteiger partial charge < -0.3 is 19.9 Å². The number of rotatable bonds is 7. The van der Waals surface area contributed by atoms with Gasteiger partial charge in [0.15, 0.2) is 6.61 Å². The van der Waals surface area contributed by atoms with E-state index in [4.69, 9.17) is 5.11 Å². The van der Waals surface area contributed by atoms with Gasteiger partial charge in [-0.05, 0) is 12.1 Å². The van der Waals surface area contributed by atoms with Crippen molar-refractivity contribution in [2.24, 2.45) is 0 Å². The first-order valence-electron chi connectivity index (χ1n) is 5.66. The molecule has 21 heavy (non-hydrogen) atoms. The third-order valence-corrected chi connectivity index (χ3v) is 2.01. The summed E-state index contributed by atoms with van der Waals surface area (Å²) in [5, 5.41) is 10.6. The number of hydrogen-bond donors (Lipinski definition) is 2. The molecule has 1 amide bonds. The molecule has 0 radical (unpaired) electrons. The highest BCUT2D eigenvalue weighted by Gasteiger charge is 2.28. The molecule has 116 valence electrons. The molecule has 0 unspecified atom stereocenters. The second-order valence-corrected chi connectivity index (χ2v) is 3.83. The summed E-state index contributed by atoms with van der Waals surface area (Å²) < 4.78 is 45.4. The summed E-state index contributed by atoms with van der Waals surface area (Å²) in [5.41, 5.74) is 0.0330. The summed E-state index contributed by atoms with van der Waals surface area (Å²) in [6, 6.07) is 5.55. The standard InChI is InChI=1S/C12H12F3NO5/c13-12(14,15)7-21-9-4-2-1-3-8(9)16-10(17)5-20-6-11(18)19/h1-4H,5-7H2,(H,16,17)(H,18,19). The van der Waals surface area contributed by atoms with E-state index in [-0.39, 0.29) is 11.4 Å². The minimum atomic E-state index is -4.50. The number of nitrogens with one attached hydrogen (secondary N) is 1. The fraction of sp³-hybridized carbons (Fsp3) is 0.333. The Bertz CT molecular complexity index is 504. The van der Waals surface area contributed by atoms with E-state index in [9.17, 15) is 22.8 Å². The van der Waals surface area contributed by atoms with Gasteiger partial charge in [-0.2, -0.15) is 13.2 Å². The van der Waals surface area contributed by atoms with Crippen LogP contribution < -0.4 is 10.1 Å². The lowest BCUT2D eigenvalue weighted by molar-refractivity contribution is -0.153. The topological polar surface area (TPSA) is 84.9 Å². The van der Waals surface area contributed by atoms with Crippen LogP contribution in [0.2, 0.25) is 0 Å². The Balaban J connectivity index is 2.58. The van der Waals surface area contributed by atoms with Crippen molar-refractivity contribution in [3.63, 3.8) is 0 Å². The largest absolute Gasteiger partial charge is 0.482 e. The minimum absolute atomic E-state index is 0.0330. The number of carbonyl (C=O) groups is 2. The van der Waals surface area contributed by atoms with E-state index >= 15 is 0 Å². The fourth-order valence-corrected chi connectivity index (χ4v) is 1.27. The molecule has 0 aliphatic carbocycles. The van der Waals surface area contributed by atoms with E-state index in [1.165, 1.54) is 24.3 Å². The Morgan fingerprint density at radius 1 is 1.19 bits per heavy atom. The van der Waals surface area contributed by atoms with Gasteiger partial charge in [-0.25, -0.2) is 4.79 Å². The Hall–Kier alpha value is -2.29. The van der Waals surface area contributed by atoms with Crippen LogP contribution in [0.4, 0.5) is 18.9 Å². The molecule has 0 aliphatic rings. The molecule has 1 aromatic rings. The van der Waals surface area contributed by atoms with Crippen LogP contribution in [-0.4, -0.2) is 43.0 Å². The molecule has 0 heterocycles. The maximum Gasteiger partial charge on any atom is 0.422 e. The number of ether oxygens (including phenoxy) is 2. The fourth-order valence-electron chi connectivity index (χ4n) is 1.27. The van der Waals surface area contributed by atoms with Gasteiger partial charge in [-0.3, -0.25) is 4.79 Å². The number of carbonyl (C=O) groups excluding carboxylic acids is 1. The molecule has 9 heteroatoms. The van der Waals surface area contributed by atoms with Crippen LogP contribution in [0.25, 0.3) is 0 Å². The molecule has 0 fully saturated rings. The molecule has 0 aliphatic heterocycles. The molecule has 1 aromatic carbocycles. The zero-order chi connectivity index (χ0) is 15.9. The van der Waals surface area contributed by atoms with Crippen molar-refractivity contribution in [2.45, 2.75) is 6.18 Å². The summed E-state index contributed by atoms with van der Waals surface area (Å²) in [6.45, 7) is -2.69. The highest BCUT2D eigenvalue weighted by atomic mass is 19.4. The van der Waals surface area contributed by atoms with Gasteiger partial charge in [-0.15, -0.1) is 0 Å². The van der Waals surface area contributed by atoms with Crippen LogP contribution in [0.15, 0.2) is 24.3 Å². The summed E-state index contributed by atoms with van der Waals surface area (Å²) in [5.74, 6) is -2.10. The van der Waals surface area contributed by atoms with Crippen molar-refractivity contribution in [3.8, 4) is 5.75 Å². The number of carboxylic acid groups (broad SMARTS) is 1. The number of para-hydroxylation sites is 2. The van der Waals surface area contributed by atoms with Crippen LogP contribution in [-0.2, 0) is 14.3 Å². The van der Waals surface area contributed by atoms with Crippen LogP contribution in [0.5, 0.6) is 5.75 Å². The van der Waals surface area contributed by atoms with Crippen LogP contribution in [0, 0.1) is 0 Å². The van der Waals surface area contributed by atoms with Crippen molar-refractivity contribution in [2.75, 3.05) is 25.1 Å². The SMILES string of the molecule is O=C(O)COCC(=O)Nc1ccccc1OCC(F)(F)F. The molecule has 0 saturated carbocycles. The number of carboxylic acids is 1. The Kier molecular flexibility index (Phi) is 5.97. The number of benzene rings is 1. The lowest BCUT2D eigenvalue weighted by Gasteiger charge is -2.13. The molecule has 0 spiro atoms. The van der Waals surface area contributed by atoms with Gasteiger partial charge in [-0.1, -0.05) is 12.1 Å². The smallest absolute Gasteiger partial charge is 0.422 e. The zero-order valence-corrected chi connectivity index (χ0v) is 10.6. The van der Waals surface area contributed by atoms with E-state index in [0.29, 0.717) is 0 Å².